The second kappa shape index (κ2) is 9.75. The highest BCUT2D eigenvalue weighted by Gasteiger charge is 2.07. The van der Waals surface area contributed by atoms with E-state index < -0.39 is 0 Å². The molecule has 0 atom stereocenters. The summed E-state index contributed by atoms with van der Waals surface area (Å²) in [5.74, 6) is 1.19. The summed E-state index contributed by atoms with van der Waals surface area (Å²) >= 11 is 3.68. The number of nitrogens with zero attached hydrogens (tertiary/aromatic N) is 2. The molecule has 134 valence electrons. The lowest BCUT2D eigenvalue weighted by molar-refractivity contribution is 0.627. The van der Waals surface area contributed by atoms with E-state index in [0.717, 1.165) is 16.1 Å². The van der Waals surface area contributed by atoms with Crippen LogP contribution in [0.25, 0.3) is 20.8 Å². The van der Waals surface area contributed by atoms with Crippen LogP contribution in [0.2, 0.25) is 0 Å². The smallest absolute Gasteiger partial charge is 0.124 e. The first kappa shape index (κ1) is 18.9. The first-order valence-corrected chi connectivity index (χ1v) is 11.1. The van der Waals surface area contributed by atoms with Gasteiger partial charge in [0.05, 0.1) is 21.8 Å². The van der Waals surface area contributed by atoms with Crippen LogP contribution in [-0.4, -0.2) is 10.7 Å². The first-order valence-electron chi connectivity index (χ1n) is 9.34. The van der Waals surface area contributed by atoms with Gasteiger partial charge >= 0.3 is 0 Å². The molecule has 0 aliphatic carbocycles. The van der Waals surface area contributed by atoms with E-state index in [1.54, 1.807) is 11.3 Å². The van der Waals surface area contributed by atoms with Crippen molar-refractivity contribution < 1.29 is 0 Å². The number of hydrogen-bond donors (Lipinski definition) is 0. The van der Waals surface area contributed by atoms with Crippen LogP contribution in [0.15, 0.2) is 47.4 Å². The van der Waals surface area contributed by atoms with Gasteiger partial charge in [-0.25, -0.2) is 4.98 Å². The molecule has 1 heterocycles. The van der Waals surface area contributed by atoms with Crippen LogP contribution < -0.4 is 0 Å². The van der Waals surface area contributed by atoms with Crippen molar-refractivity contribution in [3.05, 3.63) is 48.0 Å². The molecule has 0 aliphatic heterocycles. The van der Waals surface area contributed by atoms with Gasteiger partial charge in [0.15, 0.2) is 0 Å². The van der Waals surface area contributed by atoms with Crippen molar-refractivity contribution in [2.24, 2.45) is 0 Å². The van der Waals surface area contributed by atoms with E-state index in [2.05, 4.69) is 31.2 Å². The Morgan fingerprint density at radius 3 is 2.54 bits per heavy atom. The summed E-state index contributed by atoms with van der Waals surface area (Å²) in [5.41, 5.74) is 2.81. The fourth-order valence-corrected chi connectivity index (χ4v) is 4.91. The Bertz CT molecular complexity index is 875. The van der Waals surface area contributed by atoms with Crippen molar-refractivity contribution in [1.29, 1.82) is 5.26 Å². The highest BCUT2D eigenvalue weighted by Crippen LogP contribution is 2.33. The average molecular weight is 381 g/mol. The number of fused-ring (bicyclic) bond motifs is 1. The highest BCUT2D eigenvalue weighted by molar-refractivity contribution is 7.99. The van der Waals surface area contributed by atoms with E-state index in [-0.39, 0.29) is 0 Å². The number of hydrogen-bond acceptors (Lipinski definition) is 4. The Hall–Kier alpha value is -1.83. The summed E-state index contributed by atoms with van der Waals surface area (Å²) in [6.45, 7) is 2.26. The quantitative estimate of drug-likeness (QED) is 0.289. The number of thiazole rings is 1. The van der Waals surface area contributed by atoms with Crippen molar-refractivity contribution in [1.82, 2.24) is 4.98 Å². The summed E-state index contributed by atoms with van der Waals surface area (Å²) in [7, 11) is 0. The largest absolute Gasteiger partial charge is 0.236 e. The van der Waals surface area contributed by atoms with E-state index in [4.69, 9.17) is 10.2 Å². The molecule has 3 aromatic rings. The van der Waals surface area contributed by atoms with Crippen molar-refractivity contribution in [2.45, 2.75) is 50.3 Å². The minimum atomic E-state index is 0.684. The van der Waals surface area contributed by atoms with Gasteiger partial charge in [0.2, 0.25) is 0 Å². The van der Waals surface area contributed by atoms with Crippen LogP contribution in [-0.2, 0) is 0 Å². The van der Waals surface area contributed by atoms with Gasteiger partial charge < -0.3 is 0 Å². The molecule has 3 rings (SSSR count). The molecule has 0 unspecified atom stereocenters. The third-order valence-electron chi connectivity index (χ3n) is 4.39. The standard InChI is InChI=1S/C22H24N2S2/c1-2-3-4-5-6-7-14-25-19-12-13-20-21(15-19)26-22(24-20)18-10-8-17(16-23)9-11-18/h8-13,15H,2-7,14H2,1H3. The molecule has 0 aliphatic rings. The van der Waals surface area contributed by atoms with Gasteiger partial charge in [-0.3, -0.25) is 0 Å². The van der Waals surface area contributed by atoms with Crippen LogP contribution in [0, 0.1) is 11.3 Å². The fourth-order valence-electron chi connectivity index (χ4n) is 2.88. The lowest BCUT2D eigenvalue weighted by atomic mass is 10.1. The van der Waals surface area contributed by atoms with Crippen LogP contribution in [0.4, 0.5) is 0 Å². The summed E-state index contributed by atoms with van der Waals surface area (Å²) < 4.78 is 1.23. The number of rotatable bonds is 9. The van der Waals surface area contributed by atoms with Gasteiger partial charge in [-0.1, -0.05) is 51.2 Å². The monoisotopic (exact) mass is 380 g/mol. The van der Waals surface area contributed by atoms with Gasteiger partial charge in [0.1, 0.15) is 5.01 Å². The third-order valence-corrected chi connectivity index (χ3v) is 6.53. The van der Waals surface area contributed by atoms with Gasteiger partial charge in [-0.15, -0.1) is 23.1 Å². The molecule has 4 heteroatoms. The Morgan fingerprint density at radius 1 is 1.00 bits per heavy atom. The molecular weight excluding hydrogens is 356 g/mol. The molecule has 0 fully saturated rings. The minimum absolute atomic E-state index is 0.684. The zero-order valence-electron chi connectivity index (χ0n) is 15.2. The van der Waals surface area contributed by atoms with Gasteiger partial charge in [-0.05, 0) is 42.5 Å². The minimum Gasteiger partial charge on any atom is -0.236 e. The van der Waals surface area contributed by atoms with Gasteiger partial charge in [-0.2, -0.15) is 5.26 Å². The molecule has 26 heavy (non-hydrogen) atoms. The molecule has 1 aromatic heterocycles. The van der Waals surface area contributed by atoms with Crippen molar-refractivity contribution in [3.63, 3.8) is 0 Å². The van der Waals surface area contributed by atoms with Crippen molar-refractivity contribution in [3.8, 4) is 16.6 Å². The third kappa shape index (κ3) is 5.09. The molecule has 0 N–H and O–H groups in total. The predicted molar refractivity (Wildman–Crippen MR) is 114 cm³/mol. The predicted octanol–water partition coefficient (Wildman–Crippen LogP) is 7.29. The van der Waals surface area contributed by atoms with Crippen LogP contribution >= 0.6 is 23.1 Å². The SMILES string of the molecule is CCCCCCCCSc1ccc2nc(-c3ccc(C#N)cc3)sc2c1. The Morgan fingerprint density at radius 2 is 1.77 bits per heavy atom. The van der Waals surface area contributed by atoms with E-state index in [1.807, 2.05) is 36.0 Å². The normalized spacial score (nSPS) is 10.9. The zero-order chi connectivity index (χ0) is 18.2. The van der Waals surface area contributed by atoms with Crippen LogP contribution in [0.1, 0.15) is 51.0 Å². The highest BCUT2D eigenvalue weighted by atomic mass is 32.2. The maximum atomic E-state index is 8.92. The fraction of sp³-hybridized carbons (Fsp3) is 0.364. The van der Waals surface area contributed by atoms with Crippen molar-refractivity contribution in [2.75, 3.05) is 5.75 Å². The number of thioether (sulfide) groups is 1. The summed E-state index contributed by atoms with van der Waals surface area (Å²) in [6.07, 6.45) is 8.08. The Labute approximate surface area is 164 Å². The molecule has 0 amide bonds. The lowest BCUT2D eigenvalue weighted by Crippen LogP contribution is -1.82. The maximum Gasteiger partial charge on any atom is 0.124 e. The van der Waals surface area contributed by atoms with E-state index in [0.29, 0.717) is 5.56 Å². The summed E-state index contributed by atoms with van der Waals surface area (Å²) in [5, 5.41) is 9.94. The molecule has 2 aromatic carbocycles. The van der Waals surface area contributed by atoms with E-state index in [1.165, 1.54) is 53.9 Å². The van der Waals surface area contributed by atoms with Crippen LogP contribution in [0.5, 0.6) is 0 Å². The van der Waals surface area contributed by atoms with E-state index in [9.17, 15) is 0 Å². The lowest BCUT2D eigenvalue weighted by Gasteiger charge is -2.02. The van der Waals surface area contributed by atoms with Crippen LogP contribution in [0.3, 0.4) is 0 Å². The summed E-state index contributed by atoms with van der Waals surface area (Å²) in [6, 6.07) is 16.4. The topological polar surface area (TPSA) is 36.7 Å². The van der Waals surface area contributed by atoms with E-state index >= 15 is 0 Å². The average Bonchev–Trinajstić information content (AvgIpc) is 3.11. The van der Waals surface area contributed by atoms with Crippen molar-refractivity contribution >= 4 is 33.3 Å². The Balaban J connectivity index is 1.59. The van der Waals surface area contributed by atoms with Gasteiger partial charge in [0, 0.05) is 10.5 Å². The molecular formula is C22H24N2S2. The molecule has 0 bridgehead atoms. The first-order chi connectivity index (χ1) is 12.8. The molecule has 0 radical (unpaired) electrons. The molecule has 0 spiro atoms. The maximum absolute atomic E-state index is 8.92. The number of nitriles is 1. The molecule has 0 saturated heterocycles. The number of unbranched alkanes of at least 4 members (excludes halogenated alkanes) is 5. The number of benzene rings is 2. The molecule has 0 saturated carbocycles. The second-order valence-electron chi connectivity index (χ2n) is 6.45. The molecule has 2 nitrogen and oxygen atoms in total. The number of aromatic nitrogens is 1. The summed E-state index contributed by atoms with van der Waals surface area (Å²) in [4.78, 5) is 6.08. The second-order valence-corrected chi connectivity index (χ2v) is 8.65. The zero-order valence-corrected chi connectivity index (χ0v) is 16.8. The van der Waals surface area contributed by atoms with Gasteiger partial charge in [0.25, 0.3) is 0 Å². The Kier molecular flexibility index (Phi) is 7.11.